The molecule has 0 atom stereocenters. The molecule has 1 aromatic rings. The molecular weight excluding hydrogens is 401 g/mol. The van der Waals surface area contributed by atoms with Crippen molar-refractivity contribution >= 4 is 15.9 Å². The molecule has 6 nitrogen and oxygen atoms in total. The molecule has 1 saturated heterocycles. The molecule has 156 valence electrons. The van der Waals surface area contributed by atoms with Gasteiger partial charge < -0.3 is 9.47 Å². The second kappa shape index (κ2) is 7.74. The normalized spacial score (nSPS) is 21.7. The Morgan fingerprint density at radius 2 is 1.61 bits per heavy atom. The standard InChI is InChI=1S/C18H21F3O6S/c19-18(20,21)28(23,24)27-13-16(15(22)12-14-4-2-1-3-5-14)6-8-17(9-7-16)25-10-11-26-17/h1-5H,6-13H2. The van der Waals surface area contributed by atoms with Crippen LogP contribution in [0.5, 0.6) is 0 Å². The molecule has 2 fully saturated rings. The van der Waals surface area contributed by atoms with Crippen LogP contribution in [0.1, 0.15) is 31.2 Å². The smallest absolute Gasteiger partial charge is 0.348 e. The zero-order valence-electron chi connectivity index (χ0n) is 15.0. The van der Waals surface area contributed by atoms with Crippen molar-refractivity contribution in [3.8, 4) is 0 Å². The Morgan fingerprint density at radius 1 is 1.04 bits per heavy atom. The van der Waals surface area contributed by atoms with Crippen molar-refractivity contribution in [2.24, 2.45) is 5.41 Å². The van der Waals surface area contributed by atoms with Crippen LogP contribution in [0.3, 0.4) is 0 Å². The van der Waals surface area contributed by atoms with Crippen molar-refractivity contribution in [2.75, 3.05) is 19.8 Å². The van der Waals surface area contributed by atoms with Crippen LogP contribution < -0.4 is 0 Å². The monoisotopic (exact) mass is 422 g/mol. The van der Waals surface area contributed by atoms with E-state index in [0.29, 0.717) is 18.8 Å². The van der Waals surface area contributed by atoms with Gasteiger partial charge in [-0.2, -0.15) is 21.6 Å². The van der Waals surface area contributed by atoms with E-state index < -0.39 is 33.4 Å². The summed E-state index contributed by atoms with van der Waals surface area (Å²) in [5.41, 5.74) is -6.20. The average molecular weight is 422 g/mol. The Balaban J connectivity index is 1.79. The third-order valence-corrected chi connectivity index (χ3v) is 6.35. The van der Waals surface area contributed by atoms with Gasteiger partial charge in [0.25, 0.3) is 0 Å². The zero-order valence-corrected chi connectivity index (χ0v) is 15.9. The SMILES string of the molecule is O=C(Cc1ccccc1)C1(COS(=O)(=O)C(F)(F)F)CCC2(CC1)OCCO2. The van der Waals surface area contributed by atoms with Crippen molar-refractivity contribution in [2.45, 2.75) is 43.4 Å². The number of carbonyl (C=O) groups excluding carboxylic acids is 1. The van der Waals surface area contributed by atoms with Crippen molar-refractivity contribution in [1.29, 1.82) is 0 Å². The fourth-order valence-electron chi connectivity index (χ4n) is 3.62. The van der Waals surface area contributed by atoms with Gasteiger partial charge in [-0.05, 0) is 18.4 Å². The minimum Gasteiger partial charge on any atom is -0.348 e. The highest BCUT2D eigenvalue weighted by Gasteiger charge is 2.53. The quantitative estimate of drug-likeness (QED) is 0.518. The number of ether oxygens (including phenoxy) is 2. The second-order valence-electron chi connectivity index (χ2n) is 7.14. The summed E-state index contributed by atoms with van der Waals surface area (Å²) in [6, 6.07) is 8.73. The first-order chi connectivity index (χ1) is 13.1. The summed E-state index contributed by atoms with van der Waals surface area (Å²) in [5.74, 6) is -1.21. The first-order valence-corrected chi connectivity index (χ1v) is 10.3. The van der Waals surface area contributed by atoms with E-state index in [0.717, 1.165) is 0 Å². The molecular formula is C18H21F3O6S. The van der Waals surface area contributed by atoms with E-state index in [1.54, 1.807) is 30.3 Å². The minimum atomic E-state index is -5.78. The van der Waals surface area contributed by atoms with Gasteiger partial charge in [-0.15, -0.1) is 0 Å². The fraction of sp³-hybridized carbons (Fsp3) is 0.611. The molecule has 1 heterocycles. The fourth-order valence-corrected chi connectivity index (χ4v) is 4.14. The summed E-state index contributed by atoms with van der Waals surface area (Å²) in [7, 11) is -5.78. The number of Topliss-reactive ketones (excluding diaryl/α,β-unsaturated/α-hetero) is 1. The third-order valence-electron chi connectivity index (χ3n) is 5.36. The van der Waals surface area contributed by atoms with Crippen LogP contribution >= 0.6 is 0 Å². The molecule has 0 radical (unpaired) electrons. The van der Waals surface area contributed by atoms with Crippen molar-refractivity contribution in [3.63, 3.8) is 0 Å². The van der Waals surface area contributed by atoms with Gasteiger partial charge in [0.15, 0.2) is 5.79 Å². The van der Waals surface area contributed by atoms with Gasteiger partial charge in [0.2, 0.25) is 0 Å². The van der Waals surface area contributed by atoms with Gasteiger partial charge in [0.05, 0.1) is 25.2 Å². The lowest BCUT2D eigenvalue weighted by molar-refractivity contribution is -0.195. The largest absolute Gasteiger partial charge is 0.523 e. The summed E-state index contributed by atoms with van der Waals surface area (Å²) in [5, 5.41) is 0. The topological polar surface area (TPSA) is 78.9 Å². The molecule has 1 aromatic carbocycles. The third kappa shape index (κ3) is 4.40. The molecule has 1 aliphatic carbocycles. The predicted molar refractivity (Wildman–Crippen MR) is 91.6 cm³/mol. The maximum atomic E-state index is 13.0. The van der Waals surface area contributed by atoms with Crippen LogP contribution in [0.25, 0.3) is 0 Å². The lowest BCUT2D eigenvalue weighted by atomic mass is 9.68. The van der Waals surface area contributed by atoms with Crippen molar-refractivity contribution in [1.82, 2.24) is 0 Å². The molecule has 28 heavy (non-hydrogen) atoms. The van der Waals surface area contributed by atoms with E-state index >= 15 is 0 Å². The molecule has 1 saturated carbocycles. The highest BCUT2D eigenvalue weighted by atomic mass is 32.2. The van der Waals surface area contributed by atoms with Gasteiger partial charge in [-0.1, -0.05) is 30.3 Å². The van der Waals surface area contributed by atoms with E-state index in [2.05, 4.69) is 4.18 Å². The number of hydrogen-bond acceptors (Lipinski definition) is 6. The van der Waals surface area contributed by atoms with Gasteiger partial charge >= 0.3 is 15.6 Å². The summed E-state index contributed by atoms with van der Waals surface area (Å²) < 4.78 is 76.2. The first kappa shape index (κ1) is 21.2. The number of ketones is 1. The van der Waals surface area contributed by atoms with Crippen LogP contribution in [0.15, 0.2) is 30.3 Å². The Morgan fingerprint density at radius 3 is 2.14 bits per heavy atom. The molecule has 3 rings (SSSR count). The second-order valence-corrected chi connectivity index (χ2v) is 8.74. The Bertz CT molecular complexity index is 790. The Labute approximate surface area is 161 Å². The van der Waals surface area contributed by atoms with Gasteiger partial charge in [-0.25, -0.2) is 0 Å². The molecule has 2 aliphatic rings. The molecule has 0 unspecified atom stereocenters. The lowest BCUT2D eigenvalue weighted by Gasteiger charge is -2.42. The van der Waals surface area contributed by atoms with E-state index in [1.807, 2.05) is 0 Å². The Kier molecular flexibility index (Phi) is 5.86. The van der Waals surface area contributed by atoms with E-state index in [-0.39, 0.29) is 37.9 Å². The maximum absolute atomic E-state index is 13.0. The Hall–Kier alpha value is -1.49. The van der Waals surface area contributed by atoms with Crippen LogP contribution in [0.2, 0.25) is 0 Å². The van der Waals surface area contributed by atoms with Gasteiger partial charge in [-0.3, -0.25) is 8.98 Å². The first-order valence-electron chi connectivity index (χ1n) is 8.89. The zero-order chi connectivity index (χ0) is 20.5. The van der Waals surface area contributed by atoms with Crippen molar-refractivity contribution in [3.05, 3.63) is 35.9 Å². The van der Waals surface area contributed by atoms with Crippen molar-refractivity contribution < 1.29 is 40.0 Å². The van der Waals surface area contributed by atoms with Gasteiger partial charge in [0, 0.05) is 19.3 Å². The van der Waals surface area contributed by atoms with Crippen LogP contribution in [-0.2, 0) is 35.0 Å². The summed E-state index contributed by atoms with van der Waals surface area (Å²) in [6.07, 6.45) is 0.773. The minimum absolute atomic E-state index is 0.0228. The maximum Gasteiger partial charge on any atom is 0.523 e. The summed E-state index contributed by atoms with van der Waals surface area (Å²) in [4.78, 5) is 13.0. The molecule has 1 spiro atoms. The number of halogens is 3. The molecule has 1 aliphatic heterocycles. The lowest BCUT2D eigenvalue weighted by Crippen LogP contribution is -2.47. The molecule has 0 N–H and O–H groups in total. The van der Waals surface area contributed by atoms with E-state index in [4.69, 9.17) is 9.47 Å². The number of hydrogen-bond donors (Lipinski definition) is 0. The average Bonchev–Trinajstić information content (AvgIpc) is 3.10. The van der Waals surface area contributed by atoms with E-state index in [1.165, 1.54) is 0 Å². The highest BCUT2D eigenvalue weighted by molar-refractivity contribution is 7.87. The number of carbonyl (C=O) groups is 1. The molecule has 0 amide bonds. The molecule has 10 heteroatoms. The molecule has 0 aromatic heterocycles. The van der Waals surface area contributed by atoms with Crippen LogP contribution in [0, 0.1) is 5.41 Å². The number of rotatable bonds is 6. The molecule has 0 bridgehead atoms. The predicted octanol–water partition coefficient (Wildman–Crippen LogP) is 2.97. The van der Waals surface area contributed by atoms with Crippen LogP contribution in [0.4, 0.5) is 13.2 Å². The number of benzene rings is 1. The highest BCUT2D eigenvalue weighted by Crippen LogP contribution is 2.46. The summed E-state index contributed by atoms with van der Waals surface area (Å²) >= 11 is 0. The van der Waals surface area contributed by atoms with Crippen LogP contribution in [-0.4, -0.2) is 45.3 Å². The summed E-state index contributed by atoms with van der Waals surface area (Å²) in [6.45, 7) is -0.0373. The van der Waals surface area contributed by atoms with Gasteiger partial charge in [0.1, 0.15) is 5.78 Å². The van der Waals surface area contributed by atoms with E-state index in [9.17, 15) is 26.4 Å². The number of alkyl halides is 3.